The molecule has 168 valence electrons. The summed E-state index contributed by atoms with van der Waals surface area (Å²) in [6.07, 6.45) is 8.28. The lowest BCUT2D eigenvalue weighted by Gasteiger charge is -2.32. The van der Waals surface area contributed by atoms with Gasteiger partial charge in [0.1, 0.15) is 0 Å². The van der Waals surface area contributed by atoms with Gasteiger partial charge in [-0.1, -0.05) is 78.6 Å². The van der Waals surface area contributed by atoms with Crippen molar-refractivity contribution in [2.24, 2.45) is 11.3 Å². The maximum atomic E-state index is 13.3. The Balaban J connectivity index is 2.08. The quantitative estimate of drug-likeness (QED) is 0.288. The van der Waals surface area contributed by atoms with Crippen molar-refractivity contribution in [1.29, 1.82) is 0 Å². The third kappa shape index (κ3) is 9.47. The largest absolute Gasteiger partial charge is 0.414 e. The molecule has 5 heteroatoms. The molecule has 0 bridgehead atoms. The molecule has 0 aromatic rings. The molecule has 1 fully saturated rings. The van der Waals surface area contributed by atoms with E-state index in [0.29, 0.717) is 31.3 Å². The van der Waals surface area contributed by atoms with Gasteiger partial charge in [-0.05, 0) is 50.1 Å². The first-order valence-corrected chi connectivity index (χ1v) is 11.8. The van der Waals surface area contributed by atoms with Crippen molar-refractivity contribution < 1.29 is 17.9 Å². The molecule has 1 heterocycles. The normalized spacial score (nSPS) is 17.8. The van der Waals surface area contributed by atoms with Crippen LogP contribution < -0.4 is 5.32 Å². The molecular formula is C23H44F3NO. The smallest absolute Gasteiger partial charge is 0.368 e. The van der Waals surface area contributed by atoms with E-state index in [4.69, 9.17) is 4.74 Å². The van der Waals surface area contributed by atoms with Crippen LogP contribution in [-0.4, -0.2) is 32.0 Å². The fraction of sp³-hybridized carbons (Fsp3) is 1.00. The SMILES string of the molecule is CCC(CC)(CC)CCCCCCCCCOC(C1CCNCC1)C(F)(F)F. The second-order valence-electron chi connectivity index (χ2n) is 8.71. The van der Waals surface area contributed by atoms with Gasteiger partial charge in [-0.15, -0.1) is 0 Å². The summed E-state index contributed by atoms with van der Waals surface area (Å²) in [5.74, 6) is -0.386. The Morgan fingerprint density at radius 1 is 0.821 bits per heavy atom. The van der Waals surface area contributed by atoms with Crippen molar-refractivity contribution >= 4 is 0 Å². The van der Waals surface area contributed by atoms with E-state index < -0.39 is 12.3 Å². The van der Waals surface area contributed by atoms with Crippen molar-refractivity contribution in [3.63, 3.8) is 0 Å². The molecule has 0 saturated carbocycles. The predicted molar refractivity (Wildman–Crippen MR) is 112 cm³/mol. The minimum atomic E-state index is -4.24. The zero-order valence-corrected chi connectivity index (χ0v) is 18.5. The summed E-state index contributed by atoms with van der Waals surface area (Å²) in [7, 11) is 0. The first kappa shape index (κ1) is 25.7. The Morgan fingerprint density at radius 3 is 1.82 bits per heavy atom. The van der Waals surface area contributed by atoms with Gasteiger partial charge in [-0.3, -0.25) is 0 Å². The van der Waals surface area contributed by atoms with Gasteiger partial charge in [-0.25, -0.2) is 0 Å². The molecule has 1 rings (SSSR count). The average molecular weight is 408 g/mol. The summed E-state index contributed by atoms with van der Waals surface area (Å²) >= 11 is 0. The zero-order valence-electron chi connectivity index (χ0n) is 18.5. The maximum Gasteiger partial charge on any atom is 0.414 e. The summed E-state index contributed by atoms with van der Waals surface area (Å²) in [5, 5.41) is 3.12. The van der Waals surface area contributed by atoms with Crippen LogP contribution in [0.1, 0.15) is 104 Å². The van der Waals surface area contributed by atoms with Gasteiger partial charge in [0.15, 0.2) is 6.10 Å². The van der Waals surface area contributed by atoms with E-state index in [0.717, 1.165) is 19.3 Å². The highest BCUT2D eigenvalue weighted by Gasteiger charge is 2.45. The minimum absolute atomic E-state index is 0.236. The lowest BCUT2D eigenvalue weighted by molar-refractivity contribution is -0.238. The molecule has 28 heavy (non-hydrogen) atoms. The highest BCUT2D eigenvalue weighted by atomic mass is 19.4. The van der Waals surface area contributed by atoms with Crippen LogP contribution in [0, 0.1) is 11.3 Å². The summed E-state index contributed by atoms with van der Waals surface area (Å²) < 4.78 is 45.1. The van der Waals surface area contributed by atoms with Crippen molar-refractivity contribution in [3.05, 3.63) is 0 Å². The predicted octanol–water partition coefficient (Wildman–Crippen LogP) is 7.27. The van der Waals surface area contributed by atoms with Gasteiger partial charge in [0.25, 0.3) is 0 Å². The van der Waals surface area contributed by atoms with Gasteiger partial charge < -0.3 is 10.1 Å². The molecule has 0 aromatic carbocycles. The first-order valence-electron chi connectivity index (χ1n) is 11.8. The minimum Gasteiger partial charge on any atom is -0.368 e. The Bertz CT molecular complexity index is 368. The molecule has 1 aliphatic rings. The number of alkyl halides is 3. The standard InChI is InChI=1S/C23H44F3NO/c1-4-22(5-2,6-3)16-12-10-8-7-9-11-13-19-28-21(23(24,25)26)20-14-17-27-18-15-20/h20-21,27H,4-19H2,1-3H3. The average Bonchev–Trinajstić information content (AvgIpc) is 2.69. The molecule has 1 unspecified atom stereocenters. The van der Waals surface area contributed by atoms with Crippen LogP contribution >= 0.6 is 0 Å². The number of hydrogen-bond donors (Lipinski definition) is 1. The molecule has 0 amide bonds. The van der Waals surface area contributed by atoms with Crippen molar-refractivity contribution in [3.8, 4) is 0 Å². The number of ether oxygens (including phenoxy) is 1. The Hall–Kier alpha value is -0.290. The molecule has 1 N–H and O–H groups in total. The molecule has 0 aliphatic carbocycles. The molecule has 0 radical (unpaired) electrons. The van der Waals surface area contributed by atoms with E-state index in [1.807, 2.05) is 0 Å². The van der Waals surface area contributed by atoms with Crippen LogP contribution in [-0.2, 0) is 4.74 Å². The van der Waals surface area contributed by atoms with Crippen LogP contribution in [0.25, 0.3) is 0 Å². The fourth-order valence-electron chi connectivity index (χ4n) is 4.62. The molecule has 1 aliphatic heterocycles. The molecule has 0 spiro atoms. The van der Waals surface area contributed by atoms with E-state index in [2.05, 4.69) is 26.1 Å². The van der Waals surface area contributed by atoms with Crippen molar-refractivity contribution in [2.75, 3.05) is 19.7 Å². The van der Waals surface area contributed by atoms with E-state index in [1.165, 1.54) is 51.4 Å². The highest BCUT2D eigenvalue weighted by molar-refractivity contribution is 4.81. The van der Waals surface area contributed by atoms with Gasteiger partial charge in [0.05, 0.1) is 0 Å². The Kier molecular flexibility index (Phi) is 12.7. The summed E-state index contributed by atoms with van der Waals surface area (Å²) in [4.78, 5) is 0. The number of piperidine rings is 1. The van der Waals surface area contributed by atoms with Gasteiger partial charge in [0, 0.05) is 6.61 Å². The number of rotatable bonds is 15. The molecule has 0 aromatic heterocycles. The number of nitrogens with one attached hydrogen (secondary N) is 1. The van der Waals surface area contributed by atoms with Crippen LogP contribution in [0.2, 0.25) is 0 Å². The van der Waals surface area contributed by atoms with Crippen LogP contribution in [0.3, 0.4) is 0 Å². The third-order valence-electron chi connectivity index (χ3n) is 7.03. The maximum absolute atomic E-state index is 13.3. The zero-order chi connectivity index (χ0) is 20.9. The summed E-state index contributed by atoms with van der Waals surface area (Å²) in [5.41, 5.74) is 0.542. The van der Waals surface area contributed by atoms with Crippen LogP contribution in [0.15, 0.2) is 0 Å². The van der Waals surface area contributed by atoms with Crippen molar-refractivity contribution in [1.82, 2.24) is 5.32 Å². The lowest BCUT2D eigenvalue weighted by atomic mass is 9.75. The first-order chi connectivity index (χ1) is 13.4. The number of halogens is 3. The van der Waals surface area contributed by atoms with E-state index in [-0.39, 0.29) is 12.5 Å². The summed E-state index contributed by atoms with van der Waals surface area (Å²) in [6.45, 7) is 8.49. The van der Waals surface area contributed by atoms with Gasteiger partial charge in [0.2, 0.25) is 0 Å². The van der Waals surface area contributed by atoms with E-state index in [9.17, 15) is 13.2 Å². The second-order valence-corrected chi connectivity index (χ2v) is 8.71. The Morgan fingerprint density at radius 2 is 1.32 bits per heavy atom. The topological polar surface area (TPSA) is 21.3 Å². The highest BCUT2D eigenvalue weighted by Crippen LogP contribution is 2.36. The molecule has 1 atom stereocenters. The molecule has 2 nitrogen and oxygen atoms in total. The molecule has 1 saturated heterocycles. The van der Waals surface area contributed by atoms with Gasteiger partial charge in [-0.2, -0.15) is 13.2 Å². The van der Waals surface area contributed by atoms with Crippen molar-refractivity contribution in [2.45, 2.75) is 117 Å². The summed E-state index contributed by atoms with van der Waals surface area (Å²) in [6, 6.07) is 0. The monoisotopic (exact) mass is 407 g/mol. The molecular weight excluding hydrogens is 363 g/mol. The Labute approximate surface area is 171 Å². The van der Waals surface area contributed by atoms with E-state index >= 15 is 0 Å². The van der Waals surface area contributed by atoms with Gasteiger partial charge >= 0.3 is 6.18 Å². The number of hydrogen-bond acceptors (Lipinski definition) is 2. The fourth-order valence-corrected chi connectivity index (χ4v) is 4.62. The number of unbranched alkanes of at least 4 members (excludes halogenated alkanes) is 6. The second kappa shape index (κ2) is 13.8. The lowest BCUT2D eigenvalue weighted by Crippen LogP contribution is -2.43. The third-order valence-corrected chi connectivity index (χ3v) is 7.03. The van der Waals surface area contributed by atoms with E-state index in [1.54, 1.807) is 0 Å². The van der Waals surface area contributed by atoms with Crippen LogP contribution in [0.5, 0.6) is 0 Å². The van der Waals surface area contributed by atoms with Crippen LogP contribution in [0.4, 0.5) is 13.2 Å².